The summed E-state index contributed by atoms with van der Waals surface area (Å²) in [6.07, 6.45) is 5.25. The van der Waals surface area contributed by atoms with Crippen molar-refractivity contribution in [2.75, 3.05) is 6.54 Å². The molecule has 0 radical (unpaired) electrons. The first-order valence-corrected chi connectivity index (χ1v) is 6.24. The predicted octanol–water partition coefficient (Wildman–Crippen LogP) is 2.66. The lowest BCUT2D eigenvalue weighted by Crippen LogP contribution is -2.51. The maximum absolute atomic E-state index is 11.0. The quantitative estimate of drug-likeness (QED) is 0.759. The minimum absolute atomic E-state index is 0.198. The second-order valence-corrected chi connectivity index (χ2v) is 6.25. The third kappa shape index (κ3) is 3.21. The Balaban J connectivity index is 2.49. The van der Waals surface area contributed by atoms with E-state index in [-0.39, 0.29) is 5.41 Å². The van der Waals surface area contributed by atoms with Crippen LogP contribution in [0.15, 0.2) is 0 Å². The van der Waals surface area contributed by atoms with Crippen LogP contribution in [0.2, 0.25) is 0 Å². The number of hydrogen-bond acceptors (Lipinski definition) is 2. The summed E-state index contributed by atoms with van der Waals surface area (Å²) < 4.78 is 0. The monoisotopic (exact) mass is 227 g/mol. The zero-order chi connectivity index (χ0) is 12.4. The average molecular weight is 227 g/mol. The van der Waals surface area contributed by atoms with Crippen molar-refractivity contribution in [1.82, 2.24) is 5.32 Å². The fourth-order valence-electron chi connectivity index (χ4n) is 2.38. The van der Waals surface area contributed by atoms with E-state index >= 15 is 0 Å². The number of rotatable bonds is 5. The first-order valence-electron chi connectivity index (χ1n) is 6.24. The molecule has 1 aliphatic carbocycles. The highest BCUT2D eigenvalue weighted by molar-refractivity contribution is 5.77. The van der Waals surface area contributed by atoms with Crippen molar-refractivity contribution in [3.63, 3.8) is 0 Å². The number of hydrogen-bond donors (Lipinski definition) is 2. The lowest BCUT2D eigenvalue weighted by Gasteiger charge is -2.35. The molecule has 0 aromatic heterocycles. The summed E-state index contributed by atoms with van der Waals surface area (Å²) in [5, 5.41) is 12.2. The summed E-state index contributed by atoms with van der Waals surface area (Å²) in [5.74, 6) is -0.0423. The Bertz CT molecular complexity index is 253. The number of carboxylic acid groups (broad SMARTS) is 1. The Morgan fingerprint density at radius 3 is 2.19 bits per heavy atom. The van der Waals surface area contributed by atoms with Crippen molar-refractivity contribution >= 4 is 5.97 Å². The van der Waals surface area contributed by atoms with E-state index in [4.69, 9.17) is 5.11 Å². The second-order valence-electron chi connectivity index (χ2n) is 6.25. The summed E-state index contributed by atoms with van der Waals surface area (Å²) in [6.45, 7) is 8.71. The van der Waals surface area contributed by atoms with Crippen LogP contribution < -0.4 is 5.32 Å². The van der Waals surface area contributed by atoms with Crippen LogP contribution in [0.5, 0.6) is 0 Å². The molecular formula is C13H25NO2. The Labute approximate surface area is 98.6 Å². The topological polar surface area (TPSA) is 49.3 Å². The summed E-state index contributed by atoms with van der Waals surface area (Å²) >= 11 is 0. The summed E-state index contributed by atoms with van der Waals surface area (Å²) in [4.78, 5) is 11.0. The molecule has 0 unspecified atom stereocenters. The fourth-order valence-corrected chi connectivity index (χ4v) is 2.38. The molecule has 16 heavy (non-hydrogen) atoms. The summed E-state index contributed by atoms with van der Waals surface area (Å²) in [7, 11) is 0. The third-order valence-electron chi connectivity index (χ3n) is 3.98. The SMILES string of the molecule is CC(C)(NCC(C)(C)C1CCCC1)C(=O)O. The minimum Gasteiger partial charge on any atom is -0.480 e. The first-order chi connectivity index (χ1) is 7.26. The normalized spacial score (nSPS) is 19.0. The lowest BCUT2D eigenvalue weighted by atomic mass is 9.77. The molecule has 0 aromatic rings. The number of carboxylic acids is 1. The predicted molar refractivity (Wildman–Crippen MR) is 65.5 cm³/mol. The zero-order valence-corrected chi connectivity index (χ0v) is 11.0. The molecule has 1 rings (SSSR count). The van der Waals surface area contributed by atoms with E-state index in [9.17, 15) is 4.79 Å². The van der Waals surface area contributed by atoms with Gasteiger partial charge in [-0.25, -0.2) is 0 Å². The van der Waals surface area contributed by atoms with Gasteiger partial charge in [0, 0.05) is 6.54 Å². The van der Waals surface area contributed by atoms with Crippen LogP contribution in [0, 0.1) is 11.3 Å². The highest BCUT2D eigenvalue weighted by Crippen LogP contribution is 2.39. The molecule has 0 bridgehead atoms. The van der Waals surface area contributed by atoms with Gasteiger partial charge in [-0.3, -0.25) is 4.79 Å². The van der Waals surface area contributed by atoms with Crippen molar-refractivity contribution in [3.05, 3.63) is 0 Å². The molecule has 0 heterocycles. The third-order valence-corrected chi connectivity index (χ3v) is 3.98. The Hall–Kier alpha value is -0.570. The smallest absolute Gasteiger partial charge is 0.323 e. The van der Waals surface area contributed by atoms with E-state index in [0.717, 1.165) is 12.5 Å². The summed E-state index contributed by atoms with van der Waals surface area (Å²) in [6, 6.07) is 0. The minimum atomic E-state index is -0.824. The molecule has 1 fully saturated rings. The first kappa shape index (κ1) is 13.5. The number of aliphatic carboxylic acids is 1. The van der Waals surface area contributed by atoms with Crippen molar-refractivity contribution < 1.29 is 9.90 Å². The molecule has 1 saturated carbocycles. The largest absolute Gasteiger partial charge is 0.480 e. The Morgan fingerprint density at radius 2 is 1.75 bits per heavy atom. The van der Waals surface area contributed by atoms with E-state index < -0.39 is 11.5 Å². The van der Waals surface area contributed by atoms with Crippen molar-refractivity contribution in [2.45, 2.75) is 58.9 Å². The molecular weight excluding hydrogens is 202 g/mol. The van der Waals surface area contributed by atoms with Gasteiger partial charge in [0.05, 0.1) is 0 Å². The Kier molecular flexibility index (Phi) is 4.00. The van der Waals surface area contributed by atoms with E-state index in [2.05, 4.69) is 19.2 Å². The number of carbonyl (C=O) groups is 1. The fraction of sp³-hybridized carbons (Fsp3) is 0.923. The molecule has 2 N–H and O–H groups in total. The highest BCUT2D eigenvalue weighted by atomic mass is 16.4. The molecule has 0 amide bonds. The Morgan fingerprint density at radius 1 is 1.25 bits per heavy atom. The van der Waals surface area contributed by atoms with E-state index in [0.29, 0.717) is 0 Å². The van der Waals surface area contributed by atoms with Gasteiger partial charge in [-0.15, -0.1) is 0 Å². The van der Waals surface area contributed by atoms with Gasteiger partial charge in [-0.1, -0.05) is 26.7 Å². The zero-order valence-electron chi connectivity index (χ0n) is 11.0. The van der Waals surface area contributed by atoms with Gasteiger partial charge in [0.25, 0.3) is 0 Å². The van der Waals surface area contributed by atoms with Crippen LogP contribution in [-0.4, -0.2) is 23.2 Å². The maximum Gasteiger partial charge on any atom is 0.323 e. The summed E-state index contributed by atoms with van der Waals surface area (Å²) in [5.41, 5.74) is -0.626. The maximum atomic E-state index is 11.0. The molecule has 0 spiro atoms. The number of nitrogens with one attached hydrogen (secondary N) is 1. The molecule has 0 saturated heterocycles. The van der Waals surface area contributed by atoms with Crippen LogP contribution in [0.25, 0.3) is 0 Å². The van der Waals surface area contributed by atoms with Gasteiger partial charge < -0.3 is 10.4 Å². The molecule has 3 nitrogen and oxygen atoms in total. The van der Waals surface area contributed by atoms with Gasteiger partial charge in [0.2, 0.25) is 0 Å². The van der Waals surface area contributed by atoms with Crippen molar-refractivity contribution in [3.8, 4) is 0 Å². The molecule has 0 aromatic carbocycles. The molecule has 0 atom stereocenters. The van der Waals surface area contributed by atoms with Crippen molar-refractivity contribution in [1.29, 1.82) is 0 Å². The van der Waals surface area contributed by atoms with Gasteiger partial charge in [0.15, 0.2) is 0 Å². The van der Waals surface area contributed by atoms with Crippen LogP contribution in [0.4, 0.5) is 0 Å². The molecule has 94 valence electrons. The van der Waals surface area contributed by atoms with Gasteiger partial charge in [-0.2, -0.15) is 0 Å². The highest BCUT2D eigenvalue weighted by Gasteiger charge is 2.35. The van der Waals surface area contributed by atoms with Crippen LogP contribution in [0.1, 0.15) is 53.4 Å². The van der Waals surface area contributed by atoms with Crippen LogP contribution in [-0.2, 0) is 4.79 Å². The van der Waals surface area contributed by atoms with Gasteiger partial charge >= 0.3 is 5.97 Å². The van der Waals surface area contributed by atoms with E-state index in [1.54, 1.807) is 13.8 Å². The van der Waals surface area contributed by atoms with Gasteiger partial charge in [0.1, 0.15) is 5.54 Å². The second kappa shape index (κ2) is 4.74. The standard InChI is InChI=1S/C13H25NO2/c1-12(2,10-7-5-6-8-10)9-14-13(3,4)11(15)16/h10,14H,5-9H2,1-4H3,(H,15,16). The van der Waals surface area contributed by atoms with Crippen LogP contribution in [0.3, 0.4) is 0 Å². The van der Waals surface area contributed by atoms with Gasteiger partial charge in [-0.05, 0) is 38.0 Å². The lowest BCUT2D eigenvalue weighted by molar-refractivity contribution is -0.143. The average Bonchev–Trinajstić information content (AvgIpc) is 2.68. The molecule has 0 aliphatic heterocycles. The molecule has 3 heteroatoms. The van der Waals surface area contributed by atoms with E-state index in [1.165, 1.54) is 25.7 Å². The van der Waals surface area contributed by atoms with E-state index in [1.807, 2.05) is 0 Å². The van der Waals surface area contributed by atoms with Crippen molar-refractivity contribution in [2.24, 2.45) is 11.3 Å². The van der Waals surface area contributed by atoms with Crippen LogP contribution >= 0.6 is 0 Å². The molecule has 1 aliphatic rings.